The van der Waals surface area contributed by atoms with E-state index >= 15 is 0 Å². The van der Waals surface area contributed by atoms with Gasteiger partial charge in [0.2, 0.25) is 12.5 Å². The van der Waals surface area contributed by atoms with E-state index in [4.69, 9.17) is 23.7 Å². The van der Waals surface area contributed by atoms with Crippen LogP contribution < -0.4 is 34.3 Å². The van der Waals surface area contributed by atoms with Crippen LogP contribution in [0.3, 0.4) is 0 Å². The van der Waals surface area contributed by atoms with Crippen LogP contribution in [0.4, 0.5) is 0 Å². The molecule has 8 nitrogen and oxygen atoms in total. The molecular formula is C22H30IN3O5. The standard InChI is InChI=1S/C22H29N3O5.HI/c1-5-23-22(25-13-15-6-8-17-19(12-15)30-14-29-17)24-11-10-16-7-9-18(26-2)21(28-4)20(16)27-3;/h6-9,12H,5,10-11,13-14H2,1-4H3,(H2,23,24,25);1H. The molecule has 170 valence electrons. The number of guanidine groups is 1. The average Bonchev–Trinajstić information content (AvgIpc) is 3.24. The summed E-state index contributed by atoms with van der Waals surface area (Å²) in [6.45, 7) is 4.29. The second-order valence-corrected chi connectivity index (χ2v) is 6.55. The van der Waals surface area contributed by atoms with Gasteiger partial charge in [-0.2, -0.15) is 0 Å². The first-order chi connectivity index (χ1) is 14.7. The number of benzene rings is 2. The van der Waals surface area contributed by atoms with Gasteiger partial charge in [-0.25, -0.2) is 4.99 Å². The molecule has 0 aromatic heterocycles. The zero-order valence-corrected chi connectivity index (χ0v) is 20.6. The molecular weight excluding hydrogens is 513 g/mol. The van der Waals surface area contributed by atoms with Crippen LogP contribution in [0.15, 0.2) is 35.3 Å². The molecule has 2 aromatic carbocycles. The third-order valence-electron chi connectivity index (χ3n) is 4.67. The second-order valence-electron chi connectivity index (χ2n) is 6.55. The number of nitrogens with one attached hydrogen (secondary N) is 2. The molecule has 0 aliphatic carbocycles. The smallest absolute Gasteiger partial charge is 0.231 e. The van der Waals surface area contributed by atoms with Gasteiger partial charge in [-0.15, -0.1) is 24.0 Å². The van der Waals surface area contributed by atoms with E-state index in [1.165, 1.54) is 0 Å². The van der Waals surface area contributed by atoms with Gasteiger partial charge in [-0.3, -0.25) is 0 Å². The van der Waals surface area contributed by atoms with E-state index in [0.717, 1.165) is 41.6 Å². The van der Waals surface area contributed by atoms with Crippen molar-refractivity contribution in [3.63, 3.8) is 0 Å². The summed E-state index contributed by atoms with van der Waals surface area (Å²) < 4.78 is 27.1. The highest BCUT2D eigenvalue weighted by Gasteiger charge is 2.16. The second kappa shape index (κ2) is 12.3. The van der Waals surface area contributed by atoms with E-state index in [0.29, 0.717) is 30.3 Å². The van der Waals surface area contributed by atoms with Crippen molar-refractivity contribution >= 4 is 29.9 Å². The molecule has 0 spiro atoms. The molecule has 0 fully saturated rings. The molecule has 1 aliphatic rings. The number of methoxy groups -OCH3 is 3. The van der Waals surface area contributed by atoms with Crippen molar-refractivity contribution in [2.24, 2.45) is 4.99 Å². The predicted octanol–water partition coefficient (Wildman–Crippen LogP) is 3.36. The summed E-state index contributed by atoms with van der Waals surface area (Å²) in [5, 5.41) is 6.63. The van der Waals surface area contributed by atoms with Gasteiger partial charge in [0.25, 0.3) is 0 Å². The normalized spacial score (nSPS) is 12.1. The van der Waals surface area contributed by atoms with E-state index in [1.807, 2.05) is 37.3 Å². The Balaban J connectivity index is 0.00000341. The lowest BCUT2D eigenvalue weighted by Gasteiger charge is -2.16. The maximum atomic E-state index is 5.56. The molecule has 2 aromatic rings. The van der Waals surface area contributed by atoms with Gasteiger partial charge in [-0.1, -0.05) is 12.1 Å². The van der Waals surface area contributed by atoms with E-state index in [9.17, 15) is 0 Å². The lowest BCUT2D eigenvalue weighted by atomic mass is 10.1. The SMILES string of the molecule is CCNC(=NCc1ccc2c(c1)OCO2)NCCc1ccc(OC)c(OC)c1OC.I. The van der Waals surface area contributed by atoms with Crippen LogP contribution in [-0.2, 0) is 13.0 Å². The van der Waals surface area contributed by atoms with Crippen LogP contribution in [0.5, 0.6) is 28.7 Å². The molecule has 2 N–H and O–H groups in total. The third kappa shape index (κ3) is 6.22. The Morgan fingerprint density at radius 3 is 2.45 bits per heavy atom. The summed E-state index contributed by atoms with van der Waals surface area (Å²) in [6, 6.07) is 9.74. The zero-order chi connectivity index (χ0) is 21.3. The number of rotatable bonds is 9. The van der Waals surface area contributed by atoms with E-state index in [2.05, 4.69) is 15.6 Å². The Bertz CT molecular complexity index is 892. The fourth-order valence-corrected chi connectivity index (χ4v) is 3.23. The number of ether oxygens (including phenoxy) is 5. The monoisotopic (exact) mass is 543 g/mol. The minimum absolute atomic E-state index is 0. The van der Waals surface area contributed by atoms with Gasteiger partial charge in [0.1, 0.15) is 0 Å². The highest BCUT2D eigenvalue weighted by Crippen LogP contribution is 2.39. The maximum absolute atomic E-state index is 5.56. The predicted molar refractivity (Wildman–Crippen MR) is 131 cm³/mol. The minimum atomic E-state index is 0. The van der Waals surface area contributed by atoms with Crippen molar-refractivity contribution in [1.29, 1.82) is 0 Å². The van der Waals surface area contributed by atoms with Crippen molar-refractivity contribution < 1.29 is 23.7 Å². The molecule has 0 bridgehead atoms. The van der Waals surface area contributed by atoms with Crippen LogP contribution in [0.25, 0.3) is 0 Å². The molecule has 0 saturated carbocycles. The lowest BCUT2D eigenvalue weighted by molar-refractivity contribution is 0.174. The molecule has 0 amide bonds. The summed E-state index contributed by atoms with van der Waals surface area (Å²) in [7, 11) is 4.84. The highest BCUT2D eigenvalue weighted by molar-refractivity contribution is 14.0. The first-order valence-corrected chi connectivity index (χ1v) is 9.88. The van der Waals surface area contributed by atoms with Crippen molar-refractivity contribution in [3.05, 3.63) is 41.5 Å². The summed E-state index contributed by atoms with van der Waals surface area (Å²) in [5.41, 5.74) is 2.08. The molecule has 0 saturated heterocycles. The average molecular weight is 543 g/mol. The number of fused-ring (bicyclic) bond motifs is 1. The van der Waals surface area contributed by atoms with Gasteiger partial charge in [0.15, 0.2) is 29.0 Å². The van der Waals surface area contributed by atoms with E-state index in [-0.39, 0.29) is 30.8 Å². The van der Waals surface area contributed by atoms with Gasteiger partial charge in [-0.05, 0) is 37.1 Å². The van der Waals surface area contributed by atoms with Gasteiger partial charge >= 0.3 is 0 Å². The maximum Gasteiger partial charge on any atom is 0.231 e. The minimum Gasteiger partial charge on any atom is -0.493 e. The summed E-state index contributed by atoms with van der Waals surface area (Å²) >= 11 is 0. The van der Waals surface area contributed by atoms with Crippen molar-refractivity contribution in [1.82, 2.24) is 10.6 Å². The quantitative estimate of drug-likeness (QED) is 0.285. The van der Waals surface area contributed by atoms with E-state index in [1.54, 1.807) is 21.3 Å². The van der Waals surface area contributed by atoms with Crippen molar-refractivity contribution in [2.45, 2.75) is 19.9 Å². The highest BCUT2D eigenvalue weighted by atomic mass is 127. The van der Waals surface area contributed by atoms with Gasteiger partial charge in [0.05, 0.1) is 27.9 Å². The number of hydrogen-bond donors (Lipinski definition) is 2. The summed E-state index contributed by atoms with van der Waals surface area (Å²) in [4.78, 5) is 4.67. The van der Waals surface area contributed by atoms with Crippen molar-refractivity contribution in [3.8, 4) is 28.7 Å². The number of nitrogens with zero attached hydrogens (tertiary/aromatic N) is 1. The largest absolute Gasteiger partial charge is 0.493 e. The molecule has 31 heavy (non-hydrogen) atoms. The third-order valence-corrected chi connectivity index (χ3v) is 4.67. The van der Waals surface area contributed by atoms with Crippen LogP contribution in [0.1, 0.15) is 18.1 Å². The Morgan fingerprint density at radius 2 is 1.74 bits per heavy atom. The van der Waals surface area contributed by atoms with Crippen LogP contribution in [0.2, 0.25) is 0 Å². The Labute approximate surface area is 200 Å². The first kappa shape index (κ1) is 24.7. The van der Waals surface area contributed by atoms with Crippen LogP contribution in [-0.4, -0.2) is 47.2 Å². The summed E-state index contributed by atoms with van der Waals surface area (Å²) in [5.74, 6) is 4.21. The van der Waals surface area contributed by atoms with Gasteiger partial charge < -0.3 is 34.3 Å². The fraction of sp³-hybridized carbons (Fsp3) is 0.409. The van der Waals surface area contributed by atoms with Crippen molar-refractivity contribution in [2.75, 3.05) is 41.2 Å². The Hall–Kier alpha value is -2.56. The zero-order valence-electron chi connectivity index (χ0n) is 18.3. The Morgan fingerprint density at radius 1 is 0.968 bits per heavy atom. The molecule has 9 heteroatoms. The molecule has 1 heterocycles. The fourth-order valence-electron chi connectivity index (χ4n) is 3.23. The summed E-state index contributed by atoms with van der Waals surface area (Å²) in [6.07, 6.45) is 0.734. The lowest BCUT2D eigenvalue weighted by Crippen LogP contribution is -2.38. The molecule has 1 aliphatic heterocycles. The Kier molecular flexibility index (Phi) is 9.83. The van der Waals surface area contributed by atoms with E-state index < -0.39 is 0 Å². The van der Waals surface area contributed by atoms with Crippen LogP contribution in [0, 0.1) is 0 Å². The molecule has 3 rings (SSSR count). The molecule has 0 radical (unpaired) electrons. The van der Waals surface area contributed by atoms with Gasteiger partial charge in [0, 0.05) is 18.7 Å². The number of hydrogen-bond acceptors (Lipinski definition) is 6. The topological polar surface area (TPSA) is 82.6 Å². The number of halogens is 1. The van der Waals surface area contributed by atoms with Crippen LogP contribution >= 0.6 is 24.0 Å². The molecule has 0 atom stereocenters. The first-order valence-electron chi connectivity index (χ1n) is 9.88. The number of aliphatic imine (C=N–C) groups is 1. The molecule has 0 unspecified atom stereocenters.